The molecule has 0 spiro atoms. The lowest BCUT2D eigenvalue weighted by molar-refractivity contribution is 0.127. The minimum atomic E-state index is -0.563. The minimum absolute atomic E-state index is 0. The van der Waals surface area contributed by atoms with Crippen LogP contribution in [-0.2, 0) is 0 Å². The predicted octanol–water partition coefficient (Wildman–Crippen LogP) is 4.46. The van der Waals surface area contributed by atoms with Gasteiger partial charge < -0.3 is 15.6 Å². The molecular weight excluding hydrogens is 310 g/mol. The molecule has 0 fully saturated rings. The molecule has 3 N–H and O–H groups in total. The average Bonchev–Trinajstić information content (AvgIpc) is 2.52. The van der Waals surface area contributed by atoms with Crippen LogP contribution in [0.5, 0.6) is 5.75 Å². The fraction of sp³-hybridized carbons (Fsp3) is 0.474. The van der Waals surface area contributed by atoms with Crippen molar-refractivity contribution in [2.75, 3.05) is 6.61 Å². The first-order valence-electron chi connectivity index (χ1n) is 8.12. The highest BCUT2D eigenvalue weighted by Gasteiger charge is 2.23. The highest BCUT2D eigenvalue weighted by Crippen LogP contribution is 2.34. The zero-order valence-electron chi connectivity index (χ0n) is 14.2. The minimum Gasteiger partial charge on any atom is -0.494 e. The fourth-order valence-corrected chi connectivity index (χ4v) is 2.78. The number of fused-ring (bicyclic) bond motifs is 1. The van der Waals surface area contributed by atoms with Gasteiger partial charge in [0.15, 0.2) is 0 Å². The van der Waals surface area contributed by atoms with Crippen LogP contribution in [0.25, 0.3) is 10.8 Å². The van der Waals surface area contributed by atoms with Gasteiger partial charge in [0, 0.05) is 5.56 Å². The van der Waals surface area contributed by atoms with E-state index in [4.69, 9.17) is 10.5 Å². The number of aliphatic hydroxyl groups excluding tert-OH is 1. The molecule has 0 heterocycles. The molecule has 0 radical (unpaired) electrons. The van der Waals surface area contributed by atoms with Gasteiger partial charge in [-0.25, -0.2) is 0 Å². The monoisotopic (exact) mass is 337 g/mol. The Morgan fingerprint density at radius 3 is 2.43 bits per heavy atom. The van der Waals surface area contributed by atoms with Crippen LogP contribution < -0.4 is 10.5 Å². The summed E-state index contributed by atoms with van der Waals surface area (Å²) in [7, 11) is 0. The van der Waals surface area contributed by atoms with Gasteiger partial charge in [-0.15, -0.1) is 12.4 Å². The first-order valence-corrected chi connectivity index (χ1v) is 8.12. The number of hydrogen-bond acceptors (Lipinski definition) is 3. The van der Waals surface area contributed by atoms with Gasteiger partial charge in [0.25, 0.3) is 0 Å². The van der Waals surface area contributed by atoms with Crippen molar-refractivity contribution >= 4 is 23.2 Å². The molecule has 0 unspecified atom stereocenters. The maximum absolute atomic E-state index is 10.5. The summed E-state index contributed by atoms with van der Waals surface area (Å²) < 4.78 is 5.75. The Labute approximate surface area is 145 Å². The molecule has 0 saturated heterocycles. The number of benzene rings is 2. The van der Waals surface area contributed by atoms with Gasteiger partial charge >= 0.3 is 0 Å². The highest BCUT2D eigenvalue weighted by molar-refractivity contribution is 5.88. The Balaban J connectivity index is 0.00000264. The topological polar surface area (TPSA) is 55.5 Å². The SMILES string of the molecule is CCOc1ccc2ccccc2c1[C@H](N)[C@H](O)CCC(C)C.Cl. The molecule has 4 heteroatoms. The van der Waals surface area contributed by atoms with E-state index in [1.165, 1.54) is 0 Å². The average molecular weight is 338 g/mol. The highest BCUT2D eigenvalue weighted by atomic mass is 35.5. The second-order valence-electron chi connectivity index (χ2n) is 6.20. The van der Waals surface area contributed by atoms with Gasteiger partial charge in [-0.05, 0) is 42.5 Å². The van der Waals surface area contributed by atoms with Crippen LogP contribution in [-0.4, -0.2) is 17.8 Å². The summed E-state index contributed by atoms with van der Waals surface area (Å²) in [4.78, 5) is 0. The van der Waals surface area contributed by atoms with Crippen molar-refractivity contribution in [2.24, 2.45) is 11.7 Å². The molecule has 2 aromatic carbocycles. The van der Waals surface area contributed by atoms with E-state index in [0.29, 0.717) is 18.9 Å². The molecule has 0 bridgehead atoms. The van der Waals surface area contributed by atoms with Crippen molar-refractivity contribution in [1.82, 2.24) is 0 Å². The molecule has 2 atom stereocenters. The van der Waals surface area contributed by atoms with Crippen molar-refractivity contribution < 1.29 is 9.84 Å². The summed E-state index contributed by atoms with van der Waals surface area (Å²) in [6.45, 7) is 6.85. The zero-order valence-corrected chi connectivity index (χ0v) is 15.0. The molecule has 0 aliphatic rings. The first kappa shape index (κ1) is 19.8. The summed E-state index contributed by atoms with van der Waals surface area (Å²) in [6, 6.07) is 11.7. The van der Waals surface area contributed by atoms with Gasteiger partial charge in [0.1, 0.15) is 5.75 Å². The number of ether oxygens (including phenoxy) is 1. The predicted molar refractivity (Wildman–Crippen MR) is 99.4 cm³/mol. The quantitative estimate of drug-likeness (QED) is 0.784. The molecule has 0 aromatic heterocycles. The Kier molecular flexibility index (Phi) is 7.83. The number of nitrogens with two attached hydrogens (primary N) is 1. The Bertz CT molecular complexity index is 615. The van der Waals surface area contributed by atoms with E-state index in [9.17, 15) is 5.11 Å². The van der Waals surface area contributed by atoms with Crippen LogP contribution in [0.2, 0.25) is 0 Å². The Hall–Kier alpha value is -1.29. The molecule has 0 saturated carbocycles. The summed E-state index contributed by atoms with van der Waals surface area (Å²) in [5.74, 6) is 1.33. The molecule has 0 aliphatic carbocycles. The number of hydrogen-bond donors (Lipinski definition) is 2. The standard InChI is InChI=1S/C19H27NO2.ClH/c1-4-22-17-12-10-14-7-5-6-8-15(14)18(17)19(20)16(21)11-9-13(2)3;/h5-8,10,12-13,16,19,21H,4,9,11,20H2,1-3H3;1H/t16-,19-;/m1./s1. The Morgan fingerprint density at radius 2 is 1.78 bits per heavy atom. The van der Waals surface area contributed by atoms with Gasteiger partial charge in [-0.3, -0.25) is 0 Å². The van der Waals surface area contributed by atoms with E-state index in [1.807, 2.05) is 37.3 Å². The van der Waals surface area contributed by atoms with Crippen LogP contribution in [0.1, 0.15) is 45.2 Å². The van der Waals surface area contributed by atoms with E-state index in [0.717, 1.165) is 28.5 Å². The number of halogens is 1. The summed E-state index contributed by atoms with van der Waals surface area (Å²) >= 11 is 0. The van der Waals surface area contributed by atoms with Crippen LogP contribution >= 0.6 is 12.4 Å². The summed E-state index contributed by atoms with van der Waals surface area (Å²) in [5, 5.41) is 12.7. The molecule has 2 rings (SSSR count). The van der Waals surface area contributed by atoms with Crippen molar-refractivity contribution in [3.05, 3.63) is 42.0 Å². The normalized spacial score (nSPS) is 13.7. The van der Waals surface area contributed by atoms with Gasteiger partial charge in [0.05, 0.1) is 18.8 Å². The van der Waals surface area contributed by atoms with Gasteiger partial charge in [-0.1, -0.05) is 44.2 Å². The van der Waals surface area contributed by atoms with E-state index in [1.54, 1.807) is 0 Å². The largest absolute Gasteiger partial charge is 0.494 e. The molecule has 3 nitrogen and oxygen atoms in total. The van der Waals surface area contributed by atoms with Gasteiger partial charge in [0.2, 0.25) is 0 Å². The third-order valence-corrected chi connectivity index (χ3v) is 4.02. The smallest absolute Gasteiger partial charge is 0.124 e. The maximum Gasteiger partial charge on any atom is 0.124 e. The summed E-state index contributed by atoms with van der Waals surface area (Å²) in [5.41, 5.74) is 7.31. The second-order valence-corrected chi connectivity index (χ2v) is 6.20. The van der Waals surface area contributed by atoms with E-state index in [-0.39, 0.29) is 12.4 Å². The van der Waals surface area contributed by atoms with Crippen molar-refractivity contribution in [2.45, 2.75) is 45.8 Å². The van der Waals surface area contributed by atoms with Gasteiger partial charge in [-0.2, -0.15) is 0 Å². The fourth-order valence-electron chi connectivity index (χ4n) is 2.78. The number of aliphatic hydroxyl groups is 1. The Morgan fingerprint density at radius 1 is 1.09 bits per heavy atom. The molecular formula is C19H28ClNO2. The summed E-state index contributed by atoms with van der Waals surface area (Å²) in [6.07, 6.45) is 1.10. The van der Waals surface area contributed by atoms with Crippen LogP contribution in [0, 0.1) is 5.92 Å². The zero-order chi connectivity index (χ0) is 16.1. The van der Waals surface area contributed by atoms with Crippen LogP contribution in [0.15, 0.2) is 36.4 Å². The third-order valence-electron chi connectivity index (χ3n) is 4.02. The van der Waals surface area contributed by atoms with E-state index >= 15 is 0 Å². The van der Waals surface area contributed by atoms with Crippen molar-refractivity contribution in [3.63, 3.8) is 0 Å². The molecule has 0 amide bonds. The maximum atomic E-state index is 10.5. The second kappa shape index (κ2) is 9.11. The van der Waals surface area contributed by atoms with Crippen LogP contribution in [0.4, 0.5) is 0 Å². The number of rotatable bonds is 7. The lowest BCUT2D eigenvalue weighted by Gasteiger charge is -2.24. The lowest BCUT2D eigenvalue weighted by atomic mass is 9.91. The van der Waals surface area contributed by atoms with E-state index in [2.05, 4.69) is 19.9 Å². The first-order chi connectivity index (χ1) is 10.5. The van der Waals surface area contributed by atoms with E-state index < -0.39 is 12.1 Å². The molecule has 128 valence electrons. The van der Waals surface area contributed by atoms with Crippen LogP contribution in [0.3, 0.4) is 0 Å². The molecule has 23 heavy (non-hydrogen) atoms. The lowest BCUT2D eigenvalue weighted by Crippen LogP contribution is -2.27. The van der Waals surface area contributed by atoms with Crippen molar-refractivity contribution in [3.8, 4) is 5.75 Å². The molecule has 0 aliphatic heterocycles. The molecule has 2 aromatic rings. The van der Waals surface area contributed by atoms with Crippen molar-refractivity contribution in [1.29, 1.82) is 0 Å². The third kappa shape index (κ3) is 4.84.